The fraction of sp³-hybridized carbons (Fsp3) is 0.615. The molecule has 0 amide bonds. The van der Waals surface area contributed by atoms with Crippen molar-refractivity contribution in [3.63, 3.8) is 0 Å². The summed E-state index contributed by atoms with van der Waals surface area (Å²) >= 11 is 0. The molecule has 1 fully saturated rings. The highest BCUT2D eigenvalue weighted by molar-refractivity contribution is 5.49. The molecule has 0 bridgehead atoms. The van der Waals surface area contributed by atoms with E-state index in [1.54, 1.807) is 6.92 Å². The minimum absolute atomic E-state index is 0.0877. The maximum Gasteiger partial charge on any atom is 0.290 e. The van der Waals surface area contributed by atoms with Gasteiger partial charge >= 0.3 is 0 Å². The molecular weight excluding hydrogens is 244 g/mol. The third kappa shape index (κ3) is 3.01. The summed E-state index contributed by atoms with van der Waals surface area (Å²) in [5.41, 5.74) is 0.756. The van der Waals surface area contributed by atoms with Gasteiger partial charge in [0.1, 0.15) is 12.0 Å². The topological polar surface area (TPSA) is 71.3 Å². The van der Waals surface area contributed by atoms with Gasteiger partial charge in [0.05, 0.1) is 4.92 Å². The molecule has 104 valence electrons. The van der Waals surface area contributed by atoms with Crippen molar-refractivity contribution in [2.24, 2.45) is 0 Å². The van der Waals surface area contributed by atoms with E-state index in [1.165, 1.54) is 6.20 Å². The summed E-state index contributed by atoms with van der Waals surface area (Å²) < 4.78 is 0. The molecule has 0 radical (unpaired) electrons. The zero-order chi connectivity index (χ0) is 13.8. The summed E-state index contributed by atoms with van der Waals surface area (Å²) in [6.45, 7) is 6.80. The molecule has 1 atom stereocenters. The van der Waals surface area contributed by atoms with E-state index in [0.29, 0.717) is 11.6 Å². The standard InChI is InChI=1S/C13H20N4O2/c1-3-6-16(11-4-5-14-8-11)13-7-10(2)12(9-15-13)17(18)19/h7,9,11,14H,3-6,8H2,1-2H3. The summed E-state index contributed by atoms with van der Waals surface area (Å²) in [4.78, 5) is 17.0. The number of nitrogens with zero attached hydrogens (tertiary/aromatic N) is 3. The summed E-state index contributed by atoms with van der Waals surface area (Å²) in [6.07, 6.45) is 3.50. The monoisotopic (exact) mass is 264 g/mol. The van der Waals surface area contributed by atoms with Crippen LogP contribution >= 0.6 is 0 Å². The fourth-order valence-corrected chi connectivity index (χ4v) is 2.51. The Labute approximate surface area is 113 Å². The third-order valence-electron chi connectivity index (χ3n) is 3.50. The number of rotatable bonds is 5. The van der Waals surface area contributed by atoms with Gasteiger partial charge in [-0.1, -0.05) is 6.92 Å². The van der Waals surface area contributed by atoms with E-state index in [2.05, 4.69) is 22.1 Å². The number of nitrogens with one attached hydrogen (secondary N) is 1. The van der Waals surface area contributed by atoms with Gasteiger partial charge in [-0.05, 0) is 32.4 Å². The van der Waals surface area contributed by atoms with E-state index >= 15 is 0 Å². The van der Waals surface area contributed by atoms with E-state index in [1.807, 2.05) is 6.07 Å². The van der Waals surface area contributed by atoms with Crippen LogP contribution in [-0.2, 0) is 0 Å². The Kier molecular flexibility index (Phi) is 4.31. The Morgan fingerprint density at radius 1 is 1.63 bits per heavy atom. The van der Waals surface area contributed by atoms with Crippen molar-refractivity contribution in [1.29, 1.82) is 0 Å². The summed E-state index contributed by atoms with van der Waals surface area (Å²) in [5, 5.41) is 14.2. The number of aromatic nitrogens is 1. The van der Waals surface area contributed by atoms with Gasteiger partial charge in [0.25, 0.3) is 5.69 Å². The minimum atomic E-state index is -0.382. The van der Waals surface area contributed by atoms with Crippen molar-refractivity contribution in [2.75, 3.05) is 24.5 Å². The lowest BCUT2D eigenvalue weighted by Gasteiger charge is -2.29. The van der Waals surface area contributed by atoms with Crippen LogP contribution in [0.25, 0.3) is 0 Å². The van der Waals surface area contributed by atoms with Gasteiger partial charge < -0.3 is 10.2 Å². The molecule has 6 heteroatoms. The second-order valence-electron chi connectivity index (χ2n) is 4.93. The molecule has 2 heterocycles. The Bertz CT molecular complexity index is 458. The zero-order valence-corrected chi connectivity index (χ0v) is 11.4. The molecule has 1 saturated heterocycles. The molecule has 1 aliphatic rings. The molecule has 0 spiro atoms. The molecule has 1 N–H and O–H groups in total. The zero-order valence-electron chi connectivity index (χ0n) is 11.4. The SMILES string of the molecule is CCCN(c1cc(C)c([N+](=O)[O-])cn1)C1CCNC1. The molecule has 1 aliphatic heterocycles. The van der Waals surface area contributed by atoms with E-state index in [0.717, 1.165) is 38.3 Å². The molecule has 0 saturated carbocycles. The Morgan fingerprint density at radius 2 is 2.42 bits per heavy atom. The van der Waals surface area contributed by atoms with Crippen LogP contribution in [0.4, 0.5) is 11.5 Å². The largest absolute Gasteiger partial charge is 0.352 e. The average Bonchev–Trinajstić information content (AvgIpc) is 2.89. The normalized spacial score (nSPS) is 18.5. The highest BCUT2D eigenvalue weighted by Crippen LogP contribution is 2.24. The first-order valence-electron chi connectivity index (χ1n) is 6.72. The molecule has 6 nitrogen and oxygen atoms in total. The highest BCUT2D eigenvalue weighted by Gasteiger charge is 2.24. The van der Waals surface area contributed by atoms with Gasteiger partial charge in [-0.2, -0.15) is 0 Å². The van der Waals surface area contributed by atoms with Crippen molar-refractivity contribution in [3.8, 4) is 0 Å². The number of nitro groups is 1. The Hall–Kier alpha value is -1.69. The van der Waals surface area contributed by atoms with Crippen LogP contribution in [0.3, 0.4) is 0 Å². The van der Waals surface area contributed by atoms with Crippen LogP contribution in [0, 0.1) is 17.0 Å². The lowest BCUT2D eigenvalue weighted by Crippen LogP contribution is -2.38. The number of aryl methyl sites for hydroxylation is 1. The summed E-state index contributed by atoms with van der Waals surface area (Å²) in [7, 11) is 0. The van der Waals surface area contributed by atoms with Crippen LogP contribution in [0.2, 0.25) is 0 Å². The quantitative estimate of drug-likeness (QED) is 0.649. The molecular formula is C13H20N4O2. The second kappa shape index (κ2) is 5.97. The molecule has 0 aliphatic carbocycles. The van der Waals surface area contributed by atoms with Crippen molar-refractivity contribution in [1.82, 2.24) is 10.3 Å². The number of hydrogen-bond donors (Lipinski definition) is 1. The molecule has 1 aromatic rings. The fourth-order valence-electron chi connectivity index (χ4n) is 2.51. The maximum atomic E-state index is 10.8. The van der Waals surface area contributed by atoms with Crippen LogP contribution in [-0.4, -0.2) is 35.6 Å². The molecule has 2 rings (SSSR count). The molecule has 19 heavy (non-hydrogen) atoms. The summed E-state index contributed by atoms with van der Waals surface area (Å²) in [6, 6.07) is 2.26. The lowest BCUT2D eigenvalue weighted by molar-refractivity contribution is -0.385. The van der Waals surface area contributed by atoms with E-state index in [4.69, 9.17) is 0 Å². The molecule has 0 aromatic carbocycles. The summed E-state index contributed by atoms with van der Waals surface area (Å²) in [5.74, 6) is 0.846. The van der Waals surface area contributed by atoms with Crippen LogP contribution < -0.4 is 10.2 Å². The average molecular weight is 264 g/mol. The number of pyridine rings is 1. The van der Waals surface area contributed by atoms with Gasteiger partial charge in [-0.15, -0.1) is 0 Å². The number of anilines is 1. The van der Waals surface area contributed by atoms with Crippen LogP contribution in [0.5, 0.6) is 0 Å². The predicted molar refractivity (Wildman–Crippen MR) is 74.5 cm³/mol. The van der Waals surface area contributed by atoms with E-state index in [-0.39, 0.29) is 10.6 Å². The first-order valence-corrected chi connectivity index (χ1v) is 6.72. The van der Waals surface area contributed by atoms with E-state index < -0.39 is 0 Å². The van der Waals surface area contributed by atoms with Crippen LogP contribution in [0.1, 0.15) is 25.3 Å². The van der Waals surface area contributed by atoms with Gasteiger partial charge in [-0.25, -0.2) is 4.98 Å². The first-order chi connectivity index (χ1) is 9.13. The van der Waals surface area contributed by atoms with E-state index in [9.17, 15) is 10.1 Å². The van der Waals surface area contributed by atoms with Crippen molar-refractivity contribution in [3.05, 3.63) is 27.9 Å². The van der Waals surface area contributed by atoms with Crippen molar-refractivity contribution >= 4 is 11.5 Å². The van der Waals surface area contributed by atoms with Crippen LogP contribution in [0.15, 0.2) is 12.3 Å². The van der Waals surface area contributed by atoms with Gasteiger partial charge in [0.15, 0.2) is 0 Å². The highest BCUT2D eigenvalue weighted by atomic mass is 16.6. The minimum Gasteiger partial charge on any atom is -0.352 e. The van der Waals surface area contributed by atoms with Gasteiger partial charge in [0, 0.05) is 24.7 Å². The predicted octanol–water partition coefficient (Wildman–Crippen LogP) is 1.88. The Morgan fingerprint density at radius 3 is 2.95 bits per heavy atom. The van der Waals surface area contributed by atoms with Gasteiger partial charge in [0.2, 0.25) is 0 Å². The first kappa shape index (κ1) is 13.7. The van der Waals surface area contributed by atoms with Crippen molar-refractivity contribution < 1.29 is 4.92 Å². The molecule has 1 aromatic heterocycles. The van der Waals surface area contributed by atoms with Crippen molar-refractivity contribution in [2.45, 2.75) is 32.7 Å². The Balaban J connectivity index is 2.26. The number of hydrogen-bond acceptors (Lipinski definition) is 5. The van der Waals surface area contributed by atoms with Gasteiger partial charge in [-0.3, -0.25) is 10.1 Å². The lowest BCUT2D eigenvalue weighted by atomic mass is 10.2. The molecule has 1 unspecified atom stereocenters. The maximum absolute atomic E-state index is 10.8. The second-order valence-corrected chi connectivity index (χ2v) is 4.93. The third-order valence-corrected chi connectivity index (χ3v) is 3.50. The smallest absolute Gasteiger partial charge is 0.290 e.